The Bertz CT molecular complexity index is 1320. The predicted octanol–water partition coefficient (Wildman–Crippen LogP) is 18.3. The third kappa shape index (κ3) is 47.0. The Balaban J connectivity index is 2.13. The van der Waals surface area contributed by atoms with Gasteiger partial charge in [0.05, 0.1) is 25.4 Å². The van der Waals surface area contributed by atoms with Crippen molar-refractivity contribution in [2.75, 3.05) is 13.2 Å². The molecule has 6 N–H and O–H groups in total. The number of hydrogen-bond donors (Lipinski definition) is 6. The molecule has 1 saturated heterocycles. The van der Waals surface area contributed by atoms with Gasteiger partial charge in [0, 0.05) is 6.42 Å². The fraction of sp³-hybridized carbons (Fsp3) is 0.899. The molecule has 0 bridgehead atoms. The number of ether oxygens (including phenoxy) is 2. The smallest absolute Gasteiger partial charge is 0.220 e. The van der Waals surface area contributed by atoms with Crippen LogP contribution in [0.15, 0.2) is 36.5 Å². The summed E-state index contributed by atoms with van der Waals surface area (Å²) in [5.41, 5.74) is 0. The van der Waals surface area contributed by atoms with E-state index in [1.165, 1.54) is 276 Å². The zero-order valence-electron chi connectivity index (χ0n) is 51.4. The maximum Gasteiger partial charge on any atom is 0.220 e. The number of carbonyl (C=O) groups excluding carboxylic acids is 1. The van der Waals surface area contributed by atoms with Crippen LogP contribution in [0.2, 0.25) is 0 Å². The minimum Gasteiger partial charge on any atom is -0.394 e. The van der Waals surface area contributed by atoms with Gasteiger partial charge in [-0.1, -0.05) is 320 Å². The lowest BCUT2D eigenvalue weighted by Gasteiger charge is -2.40. The van der Waals surface area contributed by atoms with Gasteiger partial charge >= 0.3 is 0 Å². The average Bonchev–Trinajstić information content (AvgIpc) is 3.45. The van der Waals surface area contributed by atoms with Crippen molar-refractivity contribution in [1.29, 1.82) is 0 Å². The van der Waals surface area contributed by atoms with Crippen LogP contribution in [0.1, 0.15) is 341 Å². The molecule has 0 aromatic carbocycles. The van der Waals surface area contributed by atoms with Gasteiger partial charge in [-0.05, 0) is 51.4 Å². The van der Waals surface area contributed by atoms with E-state index >= 15 is 0 Å². The van der Waals surface area contributed by atoms with Crippen LogP contribution in [0, 0.1) is 0 Å². The lowest BCUT2D eigenvalue weighted by atomic mass is 9.99. The van der Waals surface area contributed by atoms with Gasteiger partial charge in [-0.15, -0.1) is 0 Å². The lowest BCUT2D eigenvalue weighted by molar-refractivity contribution is -0.302. The van der Waals surface area contributed by atoms with Gasteiger partial charge in [0.15, 0.2) is 6.29 Å². The van der Waals surface area contributed by atoms with E-state index in [4.69, 9.17) is 9.47 Å². The lowest BCUT2D eigenvalue weighted by Crippen LogP contribution is -2.60. The van der Waals surface area contributed by atoms with E-state index < -0.39 is 49.5 Å². The molecule has 0 aliphatic carbocycles. The van der Waals surface area contributed by atoms with Crippen molar-refractivity contribution < 1.29 is 39.8 Å². The van der Waals surface area contributed by atoms with Gasteiger partial charge in [0.1, 0.15) is 24.4 Å². The van der Waals surface area contributed by atoms with E-state index in [1.807, 2.05) is 6.08 Å². The Morgan fingerprint density at radius 2 is 0.756 bits per heavy atom. The molecular weight excluding hydrogens is 971 g/mol. The molecule has 7 atom stereocenters. The minimum atomic E-state index is -1.57. The van der Waals surface area contributed by atoms with Crippen LogP contribution in [0.4, 0.5) is 0 Å². The number of allylic oxidation sites excluding steroid dienone is 5. The highest BCUT2D eigenvalue weighted by atomic mass is 16.7. The molecule has 460 valence electrons. The van der Waals surface area contributed by atoms with Crippen molar-refractivity contribution >= 4 is 5.91 Å². The number of carbonyl (C=O) groups is 1. The van der Waals surface area contributed by atoms with Crippen LogP contribution in [0.25, 0.3) is 0 Å². The van der Waals surface area contributed by atoms with Gasteiger partial charge in [-0.3, -0.25) is 4.79 Å². The van der Waals surface area contributed by atoms with Crippen molar-refractivity contribution in [3.8, 4) is 0 Å². The number of aliphatic hydroxyl groups excluding tert-OH is 5. The number of aliphatic hydroxyl groups is 5. The van der Waals surface area contributed by atoms with Crippen molar-refractivity contribution in [2.24, 2.45) is 0 Å². The summed E-state index contributed by atoms with van der Waals surface area (Å²) in [6, 6.07) is -0.805. The summed E-state index contributed by atoms with van der Waals surface area (Å²) >= 11 is 0. The molecule has 0 aromatic heterocycles. The Kier molecular flexibility index (Phi) is 55.9. The third-order valence-corrected chi connectivity index (χ3v) is 16.5. The summed E-state index contributed by atoms with van der Waals surface area (Å²) in [5.74, 6) is -0.170. The molecule has 0 radical (unpaired) electrons. The Hall–Kier alpha value is -1.59. The number of rotatable bonds is 60. The van der Waals surface area contributed by atoms with Crippen molar-refractivity contribution in [3.63, 3.8) is 0 Å². The van der Waals surface area contributed by atoms with Gasteiger partial charge in [-0.2, -0.15) is 0 Å². The highest BCUT2D eigenvalue weighted by Crippen LogP contribution is 2.23. The largest absolute Gasteiger partial charge is 0.394 e. The number of nitrogens with one attached hydrogen (secondary N) is 1. The second-order valence-corrected chi connectivity index (χ2v) is 24.0. The molecule has 1 aliphatic rings. The van der Waals surface area contributed by atoms with Crippen molar-refractivity contribution in [2.45, 2.75) is 384 Å². The van der Waals surface area contributed by atoms with Gasteiger partial charge < -0.3 is 40.3 Å². The fourth-order valence-electron chi connectivity index (χ4n) is 11.1. The average molecular weight is 1100 g/mol. The summed E-state index contributed by atoms with van der Waals surface area (Å²) in [4.78, 5) is 13.1. The molecule has 0 spiro atoms. The quantitative estimate of drug-likeness (QED) is 0.0261. The van der Waals surface area contributed by atoms with Crippen molar-refractivity contribution in [1.82, 2.24) is 5.32 Å². The van der Waals surface area contributed by atoms with Gasteiger partial charge in [-0.25, -0.2) is 0 Å². The third-order valence-electron chi connectivity index (χ3n) is 16.5. The Labute approximate surface area is 482 Å². The second kappa shape index (κ2) is 58.6. The Morgan fingerprint density at radius 3 is 1.10 bits per heavy atom. The zero-order valence-corrected chi connectivity index (χ0v) is 51.4. The van der Waals surface area contributed by atoms with Gasteiger partial charge in [0.2, 0.25) is 5.91 Å². The summed E-state index contributed by atoms with van der Waals surface area (Å²) in [6.07, 6.45) is 71.0. The molecule has 9 heteroatoms. The summed E-state index contributed by atoms with van der Waals surface area (Å²) in [7, 11) is 0. The van der Waals surface area contributed by atoms with Crippen LogP contribution in [0.3, 0.4) is 0 Å². The van der Waals surface area contributed by atoms with Crippen LogP contribution in [-0.2, 0) is 14.3 Å². The molecule has 0 aromatic rings. The minimum absolute atomic E-state index is 0.170. The molecule has 78 heavy (non-hydrogen) atoms. The van der Waals surface area contributed by atoms with E-state index in [0.29, 0.717) is 6.42 Å². The first kappa shape index (κ1) is 74.4. The second-order valence-electron chi connectivity index (χ2n) is 24.0. The van der Waals surface area contributed by atoms with Crippen LogP contribution < -0.4 is 5.32 Å². The molecule has 7 unspecified atom stereocenters. The van der Waals surface area contributed by atoms with Crippen LogP contribution in [-0.4, -0.2) is 87.5 Å². The molecule has 1 heterocycles. The van der Waals surface area contributed by atoms with E-state index in [-0.39, 0.29) is 12.5 Å². The summed E-state index contributed by atoms with van der Waals surface area (Å²) < 4.78 is 11.3. The van der Waals surface area contributed by atoms with E-state index in [2.05, 4.69) is 43.5 Å². The number of unbranched alkanes of at least 4 members (excludes halogenated alkanes) is 46. The highest BCUT2D eigenvalue weighted by molar-refractivity contribution is 5.76. The molecule has 1 amide bonds. The van der Waals surface area contributed by atoms with E-state index in [1.54, 1.807) is 6.08 Å². The topological polar surface area (TPSA) is 149 Å². The molecule has 1 aliphatic heterocycles. The SMILES string of the molecule is CCCCCCC/C=C\C/C=C\CCCCCCCCCCCCCCCCCCCCCC(=O)NC(COC1OC(CO)C(O)C(O)C1O)C(O)/C=C/CCCCCCCCCCCCCCCCCCCCCCCC. The summed E-state index contributed by atoms with van der Waals surface area (Å²) in [5, 5.41) is 54.7. The zero-order chi connectivity index (χ0) is 56.5. The Morgan fingerprint density at radius 1 is 0.436 bits per heavy atom. The summed E-state index contributed by atoms with van der Waals surface area (Å²) in [6.45, 7) is 3.82. The fourth-order valence-corrected chi connectivity index (χ4v) is 11.1. The molecule has 1 fully saturated rings. The normalized spacial score (nSPS) is 18.8. The molecule has 9 nitrogen and oxygen atoms in total. The molecular formula is C69H131NO8. The van der Waals surface area contributed by atoms with Gasteiger partial charge in [0.25, 0.3) is 0 Å². The molecule has 0 saturated carbocycles. The predicted molar refractivity (Wildman–Crippen MR) is 332 cm³/mol. The first-order chi connectivity index (χ1) is 38.3. The van der Waals surface area contributed by atoms with E-state index in [9.17, 15) is 30.3 Å². The number of amides is 1. The van der Waals surface area contributed by atoms with E-state index in [0.717, 1.165) is 44.9 Å². The standard InChI is InChI=1S/C69H131NO8/c1-3-5-7-9-11-13-15-17-19-21-23-25-27-29-30-31-32-33-34-35-37-39-41-43-45-47-49-51-53-55-57-59-65(73)70-62(61-77-69-68(76)67(75)66(74)64(60-71)78-69)63(72)58-56-54-52-50-48-46-44-42-40-38-36-28-26-24-22-20-18-16-14-12-10-8-6-4-2/h15,17,21,23,56,58,62-64,66-69,71-72,74-76H,3-14,16,18-20,22,24-55,57,59-61H2,1-2H3,(H,70,73)/b17-15-,23-21-,58-56+. The van der Waals surface area contributed by atoms with Crippen molar-refractivity contribution in [3.05, 3.63) is 36.5 Å². The number of hydrogen-bond acceptors (Lipinski definition) is 8. The molecule has 1 rings (SSSR count). The first-order valence-electron chi connectivity index (χ1n) is 34.2. The highest BCUT2D eigenvalue weighted by Gasteiger charge is 2.44. The monoisotopic (exact) mass is 1100 g/mol. The maximum atomic E-state index is 13.1. The van der Waals surface area contributed by atoms with Crippen LogP contribution in [0.5, 0.6) is 0 Å². The van der Waals surface area contributed by atoms with Crippen LogP contribution >= 0.6 is 0 Å². The maximum absolute atomic E-state index is 13.1. The first-order valence-corrected chi connectivity index (χ1v) is 34.2.